The van der Waals surface area contributed by atoms with Gasteiger partial charge >= 0.3 is 0 Å². The van der Waals surface area contributed by atoms with E-state index >= 15 is 0 Å². The summed E-state index contributed by atoms with van der Waals surface area (Å²) < 4.78 is 0. The molecule has 0 spiro atoms. The number of aliphatic imine (C=N–C) groups is 1. The number of carbonyl (C=O) groups excluding carboxylic acids is 1. The van der Waals surface area contributed by atoms with E-state index in [-0.39, 0.29) is 11.3 Å². The molecule has 1 amide bonds. The maximum atomic E-state index is 11.9. The van der Waals surface area contributed by atoms with Gasteiger partial charge in [-0.2, -0.15) is 0 Å². The Morgan fingerprint density at radius 2 is 1.82 bits per heavy atom. The van der Waals surface area contributed by atoms with E-state index in [1.54, 1.807) is 0 Å². The number of nitrogens with zero attached hydrogens (tertiary/aromatic N) is 2. The van der Waals surface area contributed by atoms with Gasteiger partial charge in [0.1, 0.15) is 0 Å². The molecule has 0 aromatic heterocycles. The second kappa shape index (κ2) is 11.1. The Morgan fingerprint density at radius 1 is 1.14 bits per heavy atom. The average molecular weight is 388 g/mol. The fourth-order valence-electron chi connectivity index (χ4n) is 3.19. The maximum Gasteiger partial charge on any atom is 0.225 e. The Hall–Kier alpha value is -2.08. The summed E-state index contributed by atoms with van der Waals surface area (Å²) in [7, 11) is 0. The molecule has 1 aromatic carbocycles. The molecule has 1 aliphatic heterocycles. The summed E-state index contributed by atoms with van der Waals surface area (Å²) in [5, 5.41) is 9.82. The summed E-state index contributed by atoms with van der Waals surface area (Å²) in [6, 6.07) is 11.1. The third-order valence-corrected chi connectivity index (χ3v) is 4.87. The number of guanidine groups is 1. The summed E-state index contributed by atoms with van der Waals surface area (Å²) in [6.07, 6.45) is 2.22. The number of piperidine rings is 1. The van der Waals surface area contributed by atoms with E-state index in [2.05, 4.69) is 63.1 Å². The van der Waals surface area contributed by atoms with Gasteiger partial charge in [0, 0.05) is 44.2 Å². The van der Waals surface area contributed by atoms with Gasteiger partial charge < -0.3 is 16.0 Å². The first-order valence-corrected chi connectivity index (χ1v) is 10.5. The Labute approximate surface area is 170 Å². The van der Waals surface area contributed by atoms with Gasteiger partial charge in [-0.15, -0.1) is 0 Å². The predicted octanol–water partition coefficient (Wildman–Crippen LogP) is 2.37. The van der Waals surface area contributed by atoms with E-state index < -0.39 is 0 Å². The van der Waals surface area contributed by atoms with Crippen molar-refractivity contribution in [2.45, 2.75) is 53.1 Å². The van der Waals surface area contributed by atoms with Crippen molar-refractivity contribution >= 4 is 11.9 Å². The van der Waals surface area contributed by atoms with Crippen molar-refractivity contribution in [3.05, 3.63) is 35.9 Å². The number of nitrogens with one attached hydrogen (secondary N) is 3. The highest BCUT2D eigenvalue weighted by Gasteiger charge is 2.21. The lowest BCUT2D eigenvalue weighted by Crippen LogP contribution is -2.48. The third-order valence-electron chi connectivity index (χ3n) is 4.87. The second-order valence-electron chi connectivity index (χ2n) is 8.45. The first-order valence-electron chi connectivity index (χ1n) is 10.5. The number of amides is 1. The molecule has 6 nitrogen and oxygen atoms in total. The number of hydrogen-bond donors (Lipinski definition) is 3. The van der Waals surface area contributed by atoms with Gasteiger partial charge in [-0.25, -0.2) is 0 Å². The summed E-state index contributed by atoms with van der Waals surface area (Å²) in [5.41, 5.74) is 1.02. The lowest BCUT2D eigenvalue weighted by atomic mass is 9.96. The van der Waals surface area contributed by atoms with Crippen molar-refractivity contribution in [1.29, 1.82) is 0 Å². The zero-order chi connectivity index (χ0) is 20.4. The Kier molecular flexibility index (Phi) is 8.77. The first-order chi connectivity index (χ1) is 13.4. The van der Waals surface area contributed by atoms with Crippen LogP contribution >= 0.6 is 0 Å². The predicted molar refractivity (Wildman–Crippen MR) is 116 cm³/mol. The molecule has 6 heteroatoms. The molecule has 3 N–H and O–H groups in total. The number of likely N-dealkylation sites (tertiary alicyclic amines) is 1. The number of rotatable bonds is 7. The van der Waals surface area contributed by atoms with Crippen LogP contribution in [0.2, 0.25) is 0 Å². The average Bonchev–Trinajstić information content (AvgIpc) is 2.66. The fraction of sp³-hybridized carbons (Fsp3) is 0.636. The van der Waals surface area contributed by atoms with Crippen LogP contribution in [0.1, 0.15) is 46.1 Å². The Balaban J connectivity index is 1.74. The normalized spacial score (nSPS) is 16.6. The van der Waals surface area contributed by atoms with Crippen LogP contribution in [0.25, 0.3) is 0 Å². The van der Waals surface area contributed by atoms with Gasteiger partial charge in [0.25, 0.3) is 0 Å². The molecule has 1 saturated heterocycles. The third kappa shape index (κ3) is 7.89. The first kappa shape index (κ1) is 22.2. The molecule has 2 rings (SSSR count). The largest absolute Gasteiger partial charge is 0.357 e. The van der Waals surface area contributed by atoms with Gasteiger partial charge in [-0.3, -0.25) is 14.7 Å². The van der Waals surface area contributed by atoms with Crippen LogP contribution in [-0.2, 0) is 11.3 Å². The standard InChI is InChI=1S/C22H37N5O/c1-5-23-21(25-14-13-24-20(28)22(2,3)4)26-19-11-15-27(16-12-19)17-18-9-7-6-8-10-18/h6-10,19H,5,11-17H2,1-4H3,(H,24,28)(H2,23,25,26). The molecule has 0 unspecified atom stereocenters. The van der Waals surface area contributed by atoms with Gasteiger partial charge in [-0.1, -0.05) is 51.1 Å². The van der Waals surface area contributed by atoms with Crippen molar-refractivity contribution in [3.8, 4) is 0 Å². The molecule has 1 aromatic rings. The molecule has 28 heavy (non-hydrogen) atoms. The van der Waals surface area contributed by atoms with Crippen LogP contribution in [0.5, 0.6) is 0 Å². The van der Waals surface area contributed by atoms with Gasteiger partial charge in [0.2, 0.25) is 5.91 Å². The SMILES string of the molecule is CCNC(=NCCNC(=O)C(C)(C)C)NC1CCN(Cc2ccccc2)CC1. The monoisotopic (exact) mass is 387 g/mol. The minimum Gasteiger partial charge on any atom is -0.357 e. The molecule has 0 bridgehead atoms. The minimum absolute atomic E-state index is 0.0615. The smallest absolute Gasteiger partial charge is 0.225 e. The summed E-state index contributed by atoms with van der Waals surface area (Å²) in [6.45, 7) is 13.0. The number of carbonyl (C=O) groups is 1. The Bertz CT molecular complexity index is 616. The molecule has 1 aliphatic rings. The topological polar surface area (TPSA) is 68.8 Å². The fourth-order valence-corrected chi connectivity index (χ4v) is 3.19. The molecule has 0 aliphatic carbocycles. The molecule has 156 valence electrons. The van der Waals surface area contributed by atoms with E-state index in [0.29, 0.717) is 19.1 Å². The molecular formula is C22H37N5O. The number of hydrogen-bond acceptors (Lipinski definition) is 3. The van der Waals surface area contributed by atoms with Crippen molar-refractivity contribution in [3.63, 3.8) is 0 Å². The van der Waals surface area contributed by atoms with Gasteiger partial charge in [0.15, 0.2) is 5.96 Å². The molecule has 1 heterocycles. The van der Waals surface area contributed by atoms with Crippen LogP contribution < -0.4 is 16.0 Å². The second-order valence-corrected chi connectivity index (χ2v) is 8.45. The van der Waals surface area contributed by atoms with Crippen LogP contribution in [0.4, 0.5) is 0 Å². The van der Waals surface area contributed by atoms with Gasteiger partial charge in [0.05, 0.1) is 6.54 Å². The van der Waals surface area contributed by atoms with E-state index in [9.17, 15) is 4.79 Å². The highest BCUT2D eigenvalue weighted by atomic mass is 16.2. The van der Waals surface area contributed by atoms with E-state index in [0.717, 1.165) is 45.0 Å². The van der Waals surface area contributed by atoms with E-state index in [1.807, 2.05) is 20.8 Å². The van der Waals surface area contributed by atoms with Crippen molar-refractivity contribution in [2.24, 2.45) is 10.4 Å². The Morgan fingerprint density at radius 3 is 2.43 bits per heavy atom. The lowest BCUT2D eigenvalue weighted by Gasteiger charge is -2.33. The van der Waals surface area contributed by atoms with E-state index in [4.69, 9.17) is 0 Å². The van der Waals surface area contributed by atoms with Crippen molar-refractivity contribution in [2.75, 3.05) is 32.7 Å². The zero-order valence-electron chi connectivity index (χ0n) is 17.9. The minimum atomic E-state index is -0.361. The van der Waals surface area contributed by atoms with Gasteiger partial charge in [-0.05, 0) is 25.3 Å². The zero-order valence-corrected chi connectivity index (χ0v) is 17.9. The summed E-state index contributed by atoms with van der Waals surface area (Å²) >= 11 is 0. The molecule has 0 radical (unpaired) electrons. The summed E-state index contributed by atoms with van der Waals surface area (Å²) in [5.74, 6) is 0.903. The highest BCUT2D eigenvalue weighted by Crippen LogP contribution is 2.14. The molecule has 0 atom stereocenters. The van der Waals surface area contributed by atoms with Crippen LogP contribution in [0.15, 0.2) is 35.3 Å². The van der Waals surface area contributed by atoms with Crippen LogP contribution in [-0.4, -0.2) is 55.5 Å². The van der Waals surface area contributed by atoms with Crippen molar-refractivity contribution in [1.82, 2.24) is 20.9 Å². The van der Waals surface area contributed by atoms with Crippen LogP contribution in [0, 0.1) is 5.41 Å². The lowest BCUT2D eigenvalue weighted by molar-refractivity contribution is -0.128. The number of benzene rings is 1. The molecular weight excluding hydrogens is 350 g/mol. The molecule has 1 fully saturated rings. The quantitative estimate of drug-likeness (QED) is 0.382. The van der Waals surface area contributed by atoms with Crippen LogP contribution in [0.3, 0.4) is 0 Å². The molecule has 0 saturated carbocycles. The van der Waals surface area contributed by atoms with E-state index in [1.165, 1.54) is 5.56 Å². The summed E-state index contributed by atoms with van der Waals surface area (Å²) in [4.78, 5) is 19.0. The van der Waals surface area contributed by atoms with Crippen molar-refractivity contribution < 1.29 is 4.79 Å². The maximum absolute atomic E-state index is 11.9. The highest BCUT2D eigenvalue weighted by molar-refractivity contribution is 5.81.